The molecule has 0 bridgehead atoms. The van der Waals surface area contributed by atoms with Crippen molar-refractivity contribution in [2.45, 2.75) is 25.5 Å². The van der Waals surface area contributed by atoms with Gasteiger partial charge in [0.1, 0.15) is 11.6 Å². The van der Waals surface area contributed by atoms with Crippen LogP contribution in [0.2, 0.25) is 0 Å². The summed E-state index contributed by atoms with van der Waals surface area (Å²) in [6, 6.07) is 9.58. The number of carbonyl (C=O) groups is 1. The molecule has 126 valence electrons. The quantitative estimate of drug-likeness (QED) is 0.874. The maximum Gasteiger partial charge on any atom is 0.339 e. The Bertz CT molecular complexity index is 720. The summed E-state index contributed by atoms with van der Waals surface area (Å²) in [6.45, 7) is 2.46. The van der Waals surface area contributed by atoms with Crippen molar-refractivity contribution in [3.63, 3.8) is 0 Å². The van der Waals surface area contributed by atoms with Gasteiger partial charge in [-0.15, -0.1) is 0 Å². The molecule has 1 aliphatic heterocycles. The van der Waals surface area contributed by atoms with E-state index in [9.17, 15) is 14.3 Å². The molecular formula is C18H19FN2O3. The molecule has 0 unspecified atom stereocenters. The van der Waals surface area contributed by atoms with Crippen LogP contribution in [0.15, 0.2) is 42.6 Å². The van der Waals surface area contributed by atoms with E-state index in [0.717, 1.165) is 5.56 Å². The molecule has 0 saturated carbocycles. The number of hydrogen-bond donors (Lipinski definition) is 1. The number of pyridine rings is 1. The molecule has 2 heterocycles. The second-order valence-electron chi connectivity index (χ2n) is 5.74. The molecule has 0 amide bonds. The third kappa shape index (κ3) is 3.38. The zero-order chi connectivity index (χ0) is 17.1. The number of rotatable bonds is 4. The summed E-state index contributed by atoms with van der Waals surface area (Å²) in [7, 11) is 0. The number of aromatic nitrogens is 1. The molecule has 1 fully saturated rings. The van der Waals surface area contributed by atoms with E-state index in [1.807, 2.05) is 11.0 Å². The fourth-order valence-corrected chi connectivity index (χ4v) is 2.99. The normalized spacial score (nSPS) is 20.2. The first-order valence-electron chi connectivity index (χ1n) is 7.92. The lowest BCUT2D eigenvalue weighted by Crippen LogP contribution is -2.25. The second kappa shape index (κ2) is 6.97. The van der Waals surface area contributed by atoms with Gasteiger partial charge in [-0.05, 0) is 43.2 Å². The fourth-order valence-electron chi connectivity index (χ4n) is 2.99. The van der Waals surface area contributed by atoms with Gasteiger partial charge >= 0.3 is 5.97 Å². The van der Waals surface area contributed by atoms with Crippen LogP contribution in [0.3, 0.4) is 0 Å². The van der Waals surface area contributed by atoms with Crippen molar-refractivity contribution < 1.29 is 19.0 Å². The fraction of sp³-hybridized carbons (Fsp3) is 0.333. The Morgan fingerprint density at radius 1 is 1.42 bits per heavy atom. The van der Waals surface area contributed by atoms with Crippen LogP contribution >= 0.6 is 0 Å². The third-order valence-corrected chi connectivity index (χ3v) is 4.07. The van der Waals surface area contributed by atoms with Crippen LogP contribution in [0.25, 0.3) is 0 Å². The molecular weight excluding hydrogens is 311 g/mol. The van der Waals surface area contributed by atoms with Crippen molar-refractivity contribution in [1.29, 1.82) is 0 Å². The maximum atomic E-state index is 13.5. The number of esters is 1. The number of nitrogens with zero attached hydrogens (tertiary/aromatic N) is 2. The van der Waals surface area contributed by atoms with Gasteiger partial charge < -0.3 is 14.7 Å². The van der Waals surface area contributed by atoms with Crippen LogP contribution in [0.1, 0.15) is 35.3 Å². The summed E-state index contributed by atoms with van der Waals surface area (Å²) in [4.78, 5) is 17.9. The Morgan fingerprint density at radius 3 is 2.92 bits per heavy atom. The third-order valence-electron chi connectivity index (χ3n) is 4.07. The summed E-state index contributed by atoms with van der Waals surface area (Å²) in [6.07, 6.45) is 1.45. The molecule has 1 aromatic heterocycles. The molecule has 0 aliphatic carbocycles. The molecule has 0 radical (unpaired) electrons. The summed E-state index contributed by atoms with van der Waals surface area (Å²) in [5.74, 6) is -0.0898. The van der Waals surface area contributed by atoms with Gasteiger partial charge in [-0.1, -0.05) is 12.1 Å². The van der Waals surface area contributed by atoms with E-state index < -0.39 is 12.1 Å². The minimum absolute atomic E-state index is 0.156. The highest BCUT2D eigenvalue weighted by atomic mass is 19.1. The predicted molar refractivity (Wildman–Crippen MR) is 87.3 cm³/mol. The van der Waals surface area contributed by atoms with E-state index in [0.29, 0.717) is 31.0 Å². The number of ether oxygens (including phenoxy) is 1. The zero-order valence-electron chi connectivity index (χ0n) is 13.4. The van der Waals surface area contributed by atoms with Crippen LogP contribution in [-0.2, 0) is 4.74 Å². The van der Waals surface area contributed by atoms with Crippen molar-refractivity contribution in [3.8, 4) is 0 Å². The number of halogens is 1. The lowest BCUT2D eigenvalue weighted by atomic mass is 10.0. The highest BCUT2D eigenvalue weighted by Crippen LogP contribution is 2.35. The Labute approximate surface area is 139 Å². The highest BCUT2D eigenvalue weighted by Gasteiger charge is 2.33. The van der Waals surface area contributed by atoms with Gasteiger partial charge in [0.25, 0.3) is 0 Å². The minimum Gasteiger partial charge on any atom is -0.462 e. The molecule has 2 atom stereocenters. The number of carbonyl (C=O) groups excluding carboxylic acids is 1. The highest BCUT2D eigenvalue weighted by molar-refractivity contribution is 5.89. The minimum atomic E-state index is -0.509. The summed E-state index contributed by atoms with van der Waals surface area (Å²) < 4.78 is 18.5. The summed E-state index contributed by atoms with van der Waals surface area (Å²) >= 11 is 0. The van der Waals surface area contributed by atoms with Gasteiger partial charge in [-0.2, -0.15) is 0 Å². The Kier molecular flexibility index (Phi) is 4.76. The van der Waals surface area contributed by atoms with Gasteiger partial charge in [0.2, 0.25) is 0 Å². The van der Waals surface area contributed by atoms with Crippen molar-refractivity contribution in [2.24, 2.45) is 0 Å². The molecule has 3 rings (SSSR count). The van der Waals surface area contributed by atoms with Crippen LogP contribution in [0.4, 0.5) is 10.2 Å². The maximum absolute atomic E-state index is 13.5. The Balaban J connectivity index is 1.85. The van der Waals surface area contributed by atoms with E-state index in [1.165, 1.54) is 18.3 Å². The molecule has 2 aromatic rings. The molecule has 5 nitrogen and oxygen atoms in total. The van der Waals surface area contributed by atoms with Gasteiger partial charge in [0, 0.05) is 12.7 Å². The van der Waals surface area contributed by atoms with E-state index in [-0.39, 0.29) is 11.9 Å². The van der Waals surface area contributed by atoms with Crippen molar-refractivity contribution in [1.82, 2.24) is 4.98 Å². The van der Waals surface area contributed by atoms with Crippen molar-refractivity contribution in [2.75, 3.05) is 18.1 Å². The first-order valence-corrected chi connectivity index (χ1v) is 7.92. The summed E-state index contributed by atoms with van der Waals surface area (Å²) in [5.41, 5.74) is 1.17. The summed E-state index contributed by atoms with van der Waals surface area (Å²) in [5, 5.41) is 10.0. The first kappa shape index (κ1) is 16.4. The molecule has 24 heavy (non-hydrogen) atoms. The monoisotopic (exact) mass is 330 g/mol. The SMILES string of the molecule is CCOC(=O)c1ccc(N2C[C@H](O)C[C@@H]2c2cccc(F)c2)nc1. The van der Waals surface area contributed by atoms with Crippen LogP contribution in [0.5, 0.6) is 0 Å². The first-order chi connectivity index (χ1) is 11.6. The zero-order valence-corrected chi connectivity index (χ0v) is 13.4. The van der Waals surface area contributed by atoms with Gasteiger partial charge in [-0.25, -0.2) is 14.2 Å². The lowest BCUT2D eigenvalue weighted by Gasteiger charge is -2.25. The van der Waals surface area contributed by atoms with E-state index in [1.54, 1.807) is 25.1 Å². The average molecular weight is 330 g/mol. The van der Waals surface area contributed by atoms with E-state index in [2.05, 4.69) is 4.98 Å². The van der Waals surface area contributed by atoms with Gasteiger partial charge in [-0.3, -0.25) is 0 Å². The molecule has 1 aromatic carbocycles. The van der Waals surface area contributed by atoms with Crippen LogP contribution in [0, 0.1) is 5.82 Å². The van der Waals surface area contributed by atoms with Crippen molar-refractivity contribution in [3.05, 3.63) is 59.5 Å². The van der Waals surface area contributed by atoms with E-state index in [4.69, 9.17) is 4.74 Å². The topological polar surface area (TPSA) is 62.7 Å². The molecule has 6 heteroatoms. The van der Waals surface area contributed by atoms with Crippen LogP contribution in [-0.4, -0.2) is 35.3 Å². The number of anilines is 1. The van der Waals surface area contributed by atoms with Crippen molar-refractivity contribution >= 4 is 11.8 Å². The number of benzene rings is 1. The molecule has 1 aliphatic rings. The second-order valence-corrected chi connectivity index (χ2v) is 5.74. The molecule has 1 N–H and O–H groups in total. The number of aliphatic hydroxyl groups is 1. The van der Waals surface area contributed by atoms with Gasteiger partial charge in [0.15, 0.2) is 0 Å². The smallest absolute Gasteiger partial charge is 0.339 e. The Hall–Kier alpha value is -2.47. The predicted octanol–water partition coefficient (Wildman–Crippen LogP) is 2.71. The Morgan fingerprint density at radius 2 is 2.25 bits per heavy atom. The van der Waals surface area contributed by atoms with Gasteiger partial charge in [0.05, 0.1) is 24.3 Å². The molecule has 0 spiro atoms. The number of β-amino-alcohol motifs (C(OH)–C–C–N with tert-alkyl or cyclic N) is 1. The number of hydrogen-bond acceptors (Lipinski definition) is 5. The van der Waals surface area contributed by atoms with E-state index >= 15 is 0 Å². The lowest BCUT2D eigenvalue weighted by molar-refractivity contribution is 0.0526. The average Bonchev–Trinajstić information content (AvgIpc) is 2.97. The molecule has 1 saturated heterocycles. The van der Waals surface area contributed by atoms with Crippen LogP contribution < -0.4 is 4.90 Å². The standard InChI is InChI=1S/C18H19FN2O3/c1-2-24-18(23)13-6-7-17(20-10-13)21-11-15(22)9-16(21)12-4-3-5-14(19)8-12/h3-8,10,15-16,22H,2,9,11H2,1H3/t15-,16-/m1/s1. The number of aliphatic hydroxyl groups excluding tert-OH is 1. The largest absolute Gasteiger partial charge is 0.462 e.